The van der Waals surface area contributed by atoms with Crippen molar-refractivity contribution in [2.24, 2.45) is 0 Å². The Kier molecular flexibility index (Phi) is 2.58. The van der Waals surface area contributed by atoms with Crippen molar-refractivity contribution in [2.75, 3.05) is 0 Å². The molecule has 0 heterocycles. The molecule has 13 heavy (non-hydrogen) atoms. The molecule has 6 heteroatoms. The minimum Gasteiger partial charge on any atom is -0.366 e. The predicted octanol–water partition coefficient (Wildman–Crippen LogP) is -0.560. The fourth-order valence-corrected chi connectivity index (χ4v) is 1.96. The summed E-state index contributed by atoms with van der Waals surface area (Å²) in [5.41, 5.74) is 0. The largest absolute Gasteiger partial charge is 0.366 e. The molecule has 74 valence electrons. The molecule has 0 aromatic rings. The van der Waals surface area contributed by atoms with E-state index < -0.39 is 21.2 Å². The molecule has 0 saturated carbocycles. The van der Waals surface area contributed by atoms with Gasteiger partial charge in [0.25, 0.3) is 10.1 Å². The fourth-order valence-electron chi connectivity index (χ4n) is 1.13. The Morgan fingerprint density at radius 3 is 2.15 bits per heavy atom. The van der Waals surface area contributed by atoms with Crippen LogP contribution in [0.4, 0.5) is 0 Å². The van der Waals surface area contributed by atoms with Crippen LogP contribution in [0.1, 0.15) is 6.42 Å². The SMILES string of the molecule is O=S(=O)(O)C1(C(O)O)C=CC=CC1. The van der Waals surface area contributed by atoms with Crippen molar-refractivity contribution in [3.05, 3.63) is 24.3 Å². The van der Waals surface area contributed by atoms with Crippen molar-refractivity contribution in [1.29, 1.82) is 0 Å². The highest BCUT2D eigenvalue weighted by molar-refractivity contribution is 7.87. The van der Waals surface area contributed by atoms with E-state index in [1.165, 1.54) is 12.2 Å². The first-order valence-corrected chi connectivity index (χ1v) is 5.02. The Balaban J connectivity index is 3.19. The van der Waals surface area contributed by atoms with E-state index in [1.54, 1.807) is 6.08 Å². The first-order valence-electron chi connectivity index (χ1n) is 3.58. The van der Waals surface area contributed by atoms with Gasteiger partial charge >= 0.3 is 0 Å². The summed E-state index contributed by atoms with van der Waals surface area (Å²) in [5, 5.41) is 17.8. The van der Waals surface area contributed by atoms with E-state index in [1.807, 2.05) is 0 Å². The van der Waals surface area contributed by atoms with Crippen LogP contribution in [0, 0.1) is 0 Å². The summed E-state index contributed by atoms with van der Waals surface area (Å²) in [6.45, 7) is 0. The molecule has 0 fully saturated rings. The van der Waals surface area contributed by atoms with E-state index in [-0.39, 0.29) is 6.42 Å². The van der Waals surface area contributed by atoms with Crippen LogP contribution in [0.15, 0.2) is 24.3 Å². The van der Waals surface area contributed by atoms with Gasteiger partial charge in [-0.25, -0.2) is 0 Å². The lowest BCUT2D eigenvalue weighted by Gasteiger charge is -2.29. The van der Waals surface area contributed by atoms with Gasteiger partial charge in [-0.15, -0.1) is 0 Å². The second-order valence-electron chi connectivity index (χ2n) is 2.80. The molecule has 1 unspecified atom stereocenters. The third-order valence-corrected chi connectivity index (χ3v) is 3.45. The topological polar surface area (TPSA) is 94.8 Å². The monoisotopic (exact) mass is 206 g/mol. The molecular formula is C7H10O5S. The van der Waals surface area contributed by atoms with Crippen LogP contribution < -0.4 is 0 Å². The van der Waals surface area contributed by atoms with Crippen molar-refractivity contribution in [1.82, 2.24) is 0 Å². The Labute approximate surface area is 75.8 Å². The van der Waals surface area contributed by atoms with E-state index in [0.717, 1.165) is 6.08 Å². The summed E-state index contributed by atoms with van der Waals surface area (Å²) < 4.78 is 28.6. The number of hydrogen-bond donors (Lipinski definition) is 3. The Morgan fingerprint density at radius 2 is 1.92 bits per heavy atom. The molecule has 0 spiro atoms. The molecule has 0 aromatic carbocycles. The van der Waals surface area contributed by atoms with Crippen LogP contribution in [-0.2, 0) is 10.1 Å². The molecule has 1 rings (SSSR count). The van der Waals surface area contributed by atoms with Crippen LogP contribution in [0.2, 0.25) is 0 Å². The summed E-state index contributed by atoms with van der Waals surface area (Å²) in [4.78, 5) is 0. The van der Waals surface area contributed by atoms with Crippen molar-refractivity contribution in [3.63, 3.8) is 0 Å². The fraction of sp³-hybridized carbons (Fsp3) is 0.429. The highest BCUT2D eigenvalue weighted by atomic mass is 32.2. The maximum atomic E-state index is 10.9. The van der Waals surface area contributed by atoms with Gasteiger partial charge in [0.15, 0.2) is 11.0 Å². The van der Waals surface area contributed by atoms with Gasteiger partial charge in [0.2, 0.25) is 0 Å². The van der Waals surface area contributed by atoms with Crippen LogP contribution in [0.5, 0.6) is 0 Å². The van der Waals surface area contributed by atoms with Gasteiger partial charge in [-0.3, -0.25) is 4.55 Å². The minimum absolute atomic E-state index is 0.153. The van der Waals surface area contributed by atoms with Crippen LogP contribution >= 0.6 is 0 Å². The Bertz CT molecular complexity index is 340. The van der Waals surface area contributed by atoms with Crippen LogP contribution in [0.3, 0.4) is 0 Å². The average Bonchev–Trinajstić information content (AvgIpc) is 2.03. The number of allylic oxidation sites excluding steroid dienone is 3. The maximum absolute atomic E-state index is 10.9. The van der Waals surface area contributed by atoms with Gasteiger partial charge in [0, 0.05) is 0 Å². The van der Waals surface area contributed by atoms with Gasteiger partial charge in [0.05, 0.1) is 0 Å². The number of aliphatic hydroxyl groups is 2. The molecule has 3 N–H and O–H groups in total. The van der Waals surface area contributed by atoms with Gasteiger partial charge in [-0.2, -0.15) is 8.42 Å². The summed E-state index contributed by atoms with van der Waals surface area (Å²) in [7, 11) is -4.52. The third kappa shape index (κ3) is 1.66. The molecule has 0 bridgehead atoms. The van der Waals surface area contributed by atoms with Gasteiger partial charge < -0.3 is 10.2 Å². The molecule has 1 aliphatic rings. The maximum Gasteiger partial charge on any atom is 0.279 e. The summed E-state index contributed by atoms with van der Waals surface area (Å²) in [6, 6.07) is 0. The van der Waals surface area contributed by atoms with Gasteiger partial charge in [-0.1, -0.05) is 24.3 Å². The molecule has 0 aliphatic heterocycles. The van der Waals surface area contributed by atoms with Gasteiger partial charge in [0.1, 0.15) is 0 Å². The zero-order valence-electron chi connectivity index (χ0n) is 6.66. The minimum atomic E-state index is -4.52. The molecule has 0 aromatic heterocycles. The smallest absolute Gasteiger partial charge is 0.279 e. The van der Waals surface area contributed by atoms with Crippen LogP contribution in [0.25, 0.3) is 0 Å². The zero-order valence-corrected chi connectivity index (χ0v) is 7.48. The Morgan fingerprint density at radius 1 is 1.31 bits per heavy atom. The quantitative estimate of drug-likeness (QED) is 0.416. The molecule has 0 amide bonds. The van der Waals surface area contributed by atoms with Gasteiger partial charge in [-0.05, 0) is 6.42 Å². The lowest BCUT2D eigenvalue weighted by atomic mass is 9.99. The summed E-state index contributed by atoms with van der Waals surface area (Å²) >= 11 is 0. The predicted molar refractivity (Wildman–Crippen MR) is 45.4 cm³/mol. The van der Waals surface area contributed by atoms with E-state index in [4.69, 9.17) is 14.8 Å². The highest BCUT2D eigenvalue weighted by Crippen LogP contribution is 2.29. The van der Waals surface area contributed by atoms with Crippen LogP contribution in [-0.4, -0.2) is 34.2 Å². The van der Waals surface area contributed by atoms with Crippen molar-refractivity contribution < 1.29 is 23.2 Å². The standard InChI is InChI=1S/C7H10O5S/c8-6(9)7(13(10,11)12)4-2-1-3-5-7/h1-4,6,8-9H,5H2,(H,10,11,12). The second-order valence-corrected chi connectivity index (χ2v) is 4.51. The van der Waals surface area contributed by atoms with E-state index in [0.29, 0.717) is 0 Å². The molecule has 0 radical (unpaired) electrons. The lowest BCUT2D eigenvalue weighted by Crippen LogP contribution is -2.47. The van der Waals surface area contributed by atoms with E-state index >= 15 is 0 Å². The Hall–Kier alpha value is -0.690. The second kappa shape index (κ2) is 3.22. The van der Waals surface area contributed by atoms with Crippen molar-refractivity contribution in [3.8, 4) is 0 Å². The molecule has 5 nitrogen and oxygen atoms in total. The summed E-state index contributed by atoms with van der Waals surface area (Å²) in [5.74, 6) is 0. The molecular weight excluding hydrogens is 196 g/mol. The first kappa shape index (κ1) is 10.4. The molecule has 1 atom stereocenters. The number of hydrogen-bond acceptors (Lipinski definition) is 4. The summed E-state index contributed by atoms with van der Waals surface area (Å²) in [6.07, 6.45) is 3.12. The molecule has 0 saturated heterocycles. The zero-order chi connectivity index (χ0) is 10.1. The third-order valence-electron chi connectivity index (χ3n) is 1.98. The van der Waals surface area contributed by atoms with E-state index in [9.17, 15) is 8.42 Å². The lowest BCUT2D eigenvalue weighted by molar-refractivity contribution is -0.0612. The first-order chi connectivity index (χ1) is 5.90. The molecule has 1 aliphatic carbocycles. The van der Waals surface area contributed by atoms with E-state index in [2.05, 4.69) is 0 Å². The normalized spacial score (nSPS) is 28.3. The number of aliphatic hydroxyl groups excluding tert-OH is 1. The van der Waals surface area contributed by atoms with Crippen molar-refractivity contribution >= 4 is 10.1 Å². The number of rotatable bonds is 2. The van der Waals surface area contributed by atoms with Crippen molar-refractivity contribution in [2.45, 2.75) is 17.5 Å². The highest BCUT2D eigenvalue weighted by Gasteiger charge is 2.46. The average molecular weight is 206 g/mol.